The summed E-state index contributed by atoms with van der Waals surface area (Å²) in [6.45, 7) is 0. The number of nitro groups is 1. The van der Waals surface area contributed by atoms with Crippen molar-refractivity contribution in [1.82, 2.24) is 14.5 Å². The number of nitrogens with zero attached hydrogens (tertiary/aromatic N) is 4. The number of ether oxygens (including phenoxy) is 1. The van der Waals surface area contributed by atoms with Gasteiger partial charge in [-0.25, -0.2) is 20.1 Å². The molecule has 0 atom stereocenters. The minimum atomic E-state index is -0.717. The minimum absolute atomic E-state index is 0.111. The van der Waals surface area contributed by atoms with Crippen LogP contribution in [0.5, 0.6) is 6.01 Å². The highest BCUT2D eigenvalue weighted by Gasteiger charge is 2.09. The molecular formula is C12H13N5O4. The number of methoxy groups -OCH3 is 1. The highest BCUT2D eigenvalue weighted by molar-refractivity contribution is 5.36. The summed E-state index contributed by atoms with van der Waals surface area (Å²) < 4.78 is 6.33. The summed E-state index contributed by atoms with van der Waals surface area (Å²) in [4.78, 5) is 30.3. The minimum Gasteiger partial charge on any atom is -0.467 e. The molecule has 0 radical (unpaired) electrons. The van der Waals surface area contributed by atoms with Gasteiger partial charge in [-0.15, -0.1) is 0 Å². The molecule has 9 heteroatoms. The van der Waals surface area contributed by atoms with E-state index in [0.29, 0.717) is 12.0 Å². The molecule has 1 N–H and O–H groups in total. The van der Waals surface area contributed by atoms with E-state index in [9.17, 15) is 14.9 Å². The number of rotatable bonds is 5. The lowest BCUT2D eigenvalue weighted by atomic mass is 10.1. The lowest BCUT2D eigenvalue weighted by molar-refractivity contribution is -0.445. The average Bonchev–Trinajstić information content (AvgIpc) is 2.44. The van der Waals surface area contributed by atoms with Crippen LogP contribution in [0.15, 0.2) is 29.5 Å². The van der Waals surface area contributed by atoms with Gasteiger partial charge >= 0.3 is 6.01 Å². The van der Waals surface area contributed by atoms with E-state index < -0.39 is 5.03 Å². The van der Waals surface area contributed by atoms with Crippen LogP contribution in [0.2, 0.25) is 0 Å². The summed E-state index contributed by atoms with van der Waals surface area (Å²) in [5.41, 5.74) is 2.89. The molecule has 2 aromatic rings. The first-order valence-electron chi connectivity index (χ1n) is 5.95. The molecule has 0 aliphatic rings. The number of nitrogens with one attached hydrogen (secondary N) is 1. The molecule has 0 unspecified atom stereocenters. The molecule has 0 saturated carbocycles. The van der Waals surface area contributed by atoms with Gasteiger partial charge in [0, 0.05) is 43.7 Å². The van der Waals surface area contributed by atoms with Gasteiger partial charge in [-0.2, -0.15) is 0 Å². The molecule has 0 fully saturated rings. The number of anilines is 1. The number of hydrogen-bond donors (Lipinski definition) is 1. The third-order valence-electron chi connectivity index (χ3n) is 2.78. The number of aromatic nitrogens is 3. The van der Waals surface area contributed by atoms with Crippen LogP contribution in [0.3, 0.4) is 0 Å². The number of pyridine rings is 1. The monoisotopic (exact) mass is 291 g/mol. The van der Waals surface area contributed by atoms with Crippen molar-refractivity contribution in [2.45, 2.75) is 6.42 Å². The third kappa shape index (κ3) is 3.53. The Labute approximate surface area is 119 Å². The molecule has 0 amide bonds. The van der Waals surface area contributed by atoms with Gasteiger partial charge < -0.3 is 9.30 Å². The van der Waals surface area contributed by atoms with Gasteiger partial charge in [0.25, 0.3) is 0 Å². The average molecular weight is 291 g/mol. The molecular weight excluding hydrogens is 278 g/mol. The summed E-state index contributed by atoms with van der Waals surface area (Å²) >= 11 is 0. The first-order chi connectivity index (χ1) is 9.99. The third-order valence-corrected chi connectivity index (χ3v) is 2.78. The van der Waals surface area contributed by atoms with Crippen molar-refractivity contribution in [1.29, 1.82) is 0 Å². The molecule has 9 nitrogen and oxygen atoms in total. The fourth-order valence-electron chi connectivity index (χ4n) is 1.78. The summed E-state index contributed by atoms with van der Waals surface area (Å²) in [7, 11) is 3.07. The van der Waals surface area contributed by atoms with Crippen LogP contribution in [0.25, 0.3) is 0 Å². The second-order valence-electron chi connectivity index (χ2n) is 4.28. The molecule has 0 spiro atoms. The van der Waals surface area contributed by atoms with E-state index in [4.69, 9.17) is 4.74 Å². The second kappa shape index (κ2) is 5.99. The smallest absolute Gasteiger partial charge is 0.316 e. The van der Waals surface area contributed by atoms with Crippen molar-refractivity contribution in [3.63, 3.8) is 0 Å². The molecule has 2 heterocycles. The lowest BCUT2D eigenvalue weighted by Gasteiger charge is -2.08. The topological polar surface area (TPSA) is 112 Å². The number of hydrazine groups is 1. The van der Waals surface area contributed by atoms with Gasteiger partial charge in [0.2, 0.25) is 0 Å². The van der Waals surface area contributed by atoms with Crippen LogP contribution >= 0.6 is 0 Å². The van der Waals surface area contributed by atoms with Crippen LogP contribution < -0.4 is 15.6 Å². The Morgan fingerprint density at radius 1 is 1.43 bits per heavy atom. The maximum absolute atomic E-state index is 12.0. The van der Waals surface area contributed by atoms with Crippen molar-refractivity contribution < 1.29 is 9.77 Å². The van der Waals surface area contributed by atoms with Gasteiger partial charge in [-0.3, -0.25) is 4.79 Å². The summed E-state index contributed by atoms with van der Waals surface area (Å²) in [6.07, 6.45) is 5.00. The maximum Gasteiger partial charge on any atom is 0.316 e. The van der Waals surface area contributed by atoms with E-state index in [2.05, 4.69) is 9.97 Å². The van der Waals surface area contributed by atoms with Gasteiger partial charge in [-0.05, 0) is 5.56 Å². The Balaban J connectivity index is 2.25. The molecule has 0 aliphatic carbocycles. The van der Waals surface area contributed by atoms with E-state index >= 15 is 0 Å². The Hall–Kier alpha value is -2.97. The molecule has 0 saturated heterocycles. The predicted molar refractivity (Wildman–Crippen MR) is 73.7 cm³/mol. The number of hydrogen-bond acceptors (Lipinski definition) is 6. The van der Waals surface area contributed by atoms with Crippen molar-refractivity contribution in [2.75, 3.05) is 12.5 Å². The van der Waals surface area contributed by atoms with E-state index in [0.717, 1.165) is 5.56 Å². The first-order valence-corrected chi connectivity index (χ1v) is 5.95. The summed E-state index contributed by atoms with van der Waals surface area (Å²) in [5.74, 6) is 0.111. The predicted octanol–water partition coefficient (Wildman–Crippen LogP) is 0.378. The second-order valence-corrected chi connectivity index (χ2v) is 4.28. The fourth-order valence-corrected chi connectivity index (χ4v) is 1.78. The molecule has 0 aliphatic heterocycles. The Morgan fingerprint density at radius 2 is 2.10 bits per heavy atom. The Kier molecular flexibility index (Phi) is 4.12. The molecule has 0 bridgehead atoms. The molecule has 110 valence electrons. The first kappa shape index (κ1) is 14.4. The van der Waals surface area contributed by atoms with Crippen LogP contribution in [0, 0.1) is 10.1 Å². The van der Waals surface area contributed by atoms with Crippen LogP contribution in [0.1, 0.15) is 11.1 Å². The van der Waals surface area contributed by atoms with Crippen molar-refractivity contribution in [2.24, 2.45) is 7.05 Å². The van der Waals surface area contributed by atoms with Crippen LogP contribution in [-0.2, 0) is 13.5 Å². The SMILES string of the molecule is COc1ncc(Cc2cn(C)c(N[N+](=O)[O-])cc2=O)cn1. The van der Waals surface area contributed by atoms with Crippen LogP contribution in [0.4, 0.5) is 5.82 Å². The molecule has 0 aromatic carbocycles. The van der Waals surface area contributed by atoms with Gasteiger partial charge in [0.1, 0.15) is 0 Å². The van der Waals surface area contributed by atoms with Crippen molar-refractivity contribution >= 4 is 5.82 Å². The van der Waals surface area contributed by atoms with Gasteiger partial charge in [0.05, 0.1) is 7.11 Å². The zero-order valence-electron chi connectivity index (χ0n) is 11.4. The normalized spacial score (nSPS) is 10.2. The standard InChI is InChI=1S/C12H13N5O4/c1-16-7-9(10(18)4-11(16)15-17(19)20)3-8-5-13-12(21-2)14-6-8/h4-7,15H,3H2,1-2H3. The number of aryl methyl sites for hydroxylation is 1. The van der Waals surface area contributed by atoms with Crippen molar-refractivity contribution in [3.8, 4) is 6.01 Å². The summed E-state index contributed by atoms with van der Waals surface area (Å²) in [5, 5.41) is 9.70. The lowest BCUT2D eigenvalue weighted by Crippen LogP contribution is -2.19. The van der Waals surface area contributed by atoms with E-state index in [-0.39, 0.29) is 17.3 Å². The highest BCUT2D eigenvalue weighted by atomic mass is 16.7. The van der Waals surface area contributed by atoms with Crippen LogP contribution in [-0.4, -0.2) is 26.7 Å². The zero-order valence-corrected chi connectivity index (χ0v) is 11.4. The fraction of sp³-hybridized carbons (Fsp3) is 0.250. The van der Waals surface area contributed by atoms with E-state index in [1.165, 1.54) is 17.7 Å². The Bertz CT molecular complexity index is 711. The zero-order chi connectivity index (χ0) is 15.4. The molecule has 2 rings (SSSR count). The van der Waals surface area contributed by atoms with E-state index in [1.54, 1.807) is 25.6 Å². The van der Waals surface area contributed by atoms with Gasteiger partial charge in [-0.1, -0.05) is 5.43 Å². The quantitative estimate of drug-likeness (QED) is 0.625. The molecule has 21 heavy (non-hydrogen) atoms. The van der Waals surface area contributed by atoms with E-state index in [1.807, 2.05) is 5.43 Å². The highest BCUT2D eigenvalue weighted by Crippen LogP contribution is 2.09. The van der Waals surface area contributed by atoms with Crippen molar-refractivity contribution in [3.05, 3.63) is 56.1 Å². The molecule has 2 aromatic heterocycles. The maximum atomic E-state index is 12.0. The van der Waals surface area contributed by atoms with Gasteiger partial charge in [0.15, 0.2) is 16.3 Å². The summed E-state index contributed by atoms with van der Waals surface area (Å²) in [6, 6.07) is 1.43. The largest absolute Gasteiger partial charge is 0.467 e. The Morgan fingerprint density at radius 3 is 2.67 bits per heavy atom.